The van der Waals surface area contributed by atoms with E-state index in [0.29, 0.717) is 42.7 Å². The van der Waals surface area contributed by atoms with E-state index in [-0.39, 0.29) is 41.7 Å². The standard InChI is InChI=1S/C32H28Cl2F4N2O5/c33-26-9-6-21(35)16-27(26)44-15-14-43-22-7-4-19(5-8-22)23-10-13-40(31(11-12-31)30(39)42)17-24(23)29(41)45-18-20-2-1-3-25(28(20)34)32(36,37)38/h1-9,16H,10-15,17-18H2,(H2,39,42). The highest BCUT2D eigenvalue weighted by atomic mass is 35.5. The molecule has 0 atom stereocenters. The molecule has 5 rings (SSSR count). The van der Waals surface area contributed by atoms with Gasteiger partial charge in [0.2, 0.25) is 5.91 Å². The van der Waals surface area contributed by atoms with E-state index in [9.17, 15) is 27.2 Å². The van der Waals surface area contributed by atoms with Crippen molar-refractivity contribution in [2.24, 2.45) is 5.73 Å². The molecule has 0 radical (unpaired) electrons. The van der Waals surface area contributed by atoms with Crippen molar-refractivity contribution in [3.63, 3.8) is 0 Å². The monoisotopic (exact) mass is 666 g/mol. The number of benzene rings is 3. The predicted octanol–water partition coefficient (Wildman–Crippen LogP) is 6.83. The number of carbonyl (C=O) groups excluding carboxylic acids is 2. The topological polar surface area (TPSA) is 91.1 Å². The Kier molecular flexibility index (Phi) is 9.62. The van der Waals surface area contributed by atoms with Crippen LogP contribution in [0.25, 0.3) is 5.57 Å². The number of carbonyl (C=O) groups is 2. The highest BCUT2D eigenvalue weighted by Gasteiger charge is 2.54. The van der Waals surface area contributed by atoms with Gasteiger partial charge in [0.05, 0.1) is 21.2 Å². The summed E-state index contributed by atoms with van der Waals surface area (Å²) in [6.45, 7) is 0.321. The molecule has 0 spiro atoms. The largest absolute Gasteiger partial charge is 0.490 e. The van der Waals surface area contributed by atoms with Crippen molar-refractivity contribution in [2.45, 2.75) is 37.6 Å². The summed E-state index contributed by atoms with van der Waals surface area (Å²) in [5.74, 6) is -0.972. The van der Waals surface area contributed by atoms with E-state index in [1.807, 2.05) is 4.90 Å². The van der Waals surface area contributed by atoms with Crippen LogP contribution in [0.15, 0.2) is 66.2 Å². The van der Waals surface area contributed by atoms with Gasteiger partial charge in [0.25, 0.3) is 0 Å². The third kappa shape index (κ3) is 7.37. The molecule has 2 aliphatic rings. The van der Waals surface area contributed by atoms with Crippen LogP contribution >= 0.6 is 23.2 Å². The van der Waals surface area contributed by atoms with Gasteiger partial charge in [-0.1, -0.05) is 47.5 Å². The number of nitrogens with two attached hydrogens (primary N) is 1. The lowest BCUT2D eigenvalue weighted by Gasteiger charge is -2.35. The summed E-state index contributed by atoms with van der Waals surface area (Å²) < 4.78 is 70.1. The van der Waals surface area contributed by atoms with Gasteiger partial charge in [0.1, 0.15) is 42.7 Å². The first kappa shape index (κ1) is 32.6. The predicted molar refractivity (Wildman–Crippen MR) is 159 cm³/mol. The average molecular weight is 667 g/mol. The Morgan fingerprint density at radius 1 is 0.978 bits per heavy atom. The number of amides is 1. The maximum absolute atomic E-state index is 13.5. The molecule has 7 nitrogen and oxygen atoms in total. The van der Waals surface area contributed by atoms with Crippen molar-refractivity contribution in [1.82, 2.24) is 4.90 Å². The first-order valence-electron chi connectivity index (χ1n) is 14.0. The third-order valence-electron chi connectivity index (χ3n) is 7.83. The minimum absolute atomic E-state index is 0.00982. The molecule has 238 valence electrons. The van der Waals surface area contributed by atoms with Crippen molar-refractivity contribution >= 4 is 40.7 Å². The molecular formula is C32H28Cl2F4N2O5. The second-order valence-electron chi connectivity index (χ2n) is 10.7. The van der Waals surface area contributed by atoms with Gasteiger partial charge in [-0.2, -0.15) is 13.2 Å². The molecule has 45 heavy (non-hydrogen) atoms. The number of esters is 1. The number of hydrogen-bond donors (Lipinski definition) is 1. The number of rotatable bonds is 11. The van der Waals surface area contributed by atoms with E-state index >= 15 is 0 Å². The van der Waals surface area contributed by atoms with Gasteiger partial charge in [-0.15, -0.1) is 0 Å². The maximum atomic E-state index is 13.5. The number of ether oxygens (including phenoxy) is 3. The SMILES string of the molecule is NC(=O)C1(N2CCC(c3ccc(OCCOc4cc(F)ccc4Cl)cc3)=C(C(=O)OCc3cccc(C(F)(F)F)c3Cl)C2)CC1. The van der Waals surface area contributed by atoms with Gasteiger partial charge >= 0.3 is 12.1 Å². The summed E-state index contributed by atoms with van der Waals surface area (Å²) in [5, 5.41) is -0.265. The minimum Gasteiger partial charge on any atom is -0.490 e. The Morgan fingerprint density at radius 2 is 1.69 bits per heavy atom. The highest BCUT2D eigenvalue weighted by molar-refractivity contribution is 6.32. The van der Waals surface area contributed by atoms with Crippen LogP contribution in [0.1, 0.15) is 36.0 Å². The van der Waals surface area contributed by atoms with Crippen molar-refractivity contribution in [2.75, 3.05) is 26.3 Å². The van der Waals surface area contributed by atoms with Crippen molar-refractivity contribution in [3.05, 3.63) is 98.8 Å². The fourth-order valence-corrected chi connectivity index (χ4v) is 5.72. The molecular weight excluding hydrogens is 639 g/mol. The minimum atomic E-state index is -4.66. The summed E-state index contributed by atoms with van der Waals surface area (Å²) in [5.41, 5.74) is 5.47. The molecule has 0 aromatic heterocycles. The maximum Gasteiger partial charge on any atom is 0.417 e. The Bertz CT molecular complexity index is 1620. The summed E-state index contributed by atoms with van der Waals surface area (Å²) in [6.07, 6.45) is -3.13. The summed E-state index contributed by atoms with van der Waals surface area (Å²) in [6, 6.07) is 14.2. The Hall–Kier alpha value is -3.80. The molecule has 0 saturated heterocycles. The van der Waals surface area contributed by atoms with Crippen molar-refractivity contribution in [3.8, 4) is 11.5 Å². The Balaban J connectivity index is 1.31. The lowest BCUT2D eigenvalue weighted by Crippen LogP contribution is -2.50. The van der Waals surface area contributed by atoms with E-state index in [0.717, 1.165) is 6.07 Å². The fraction of sp³-hybridized carbons (Fsp3) is 0.312. The lowest BCUT2D eigenvalue weighted by atomic mass is 9.92. The highest BCUT2D eigenvalue weighted by Crippen LogP contribution is 2.45. The molecule has 1 amide bonds. The lowest BCUT2D eigenvalue weighted by molar-refractivity contribution is -0.141. The first-order chi connectivity index (χ1) is 21.4. The molecule has 1 heterocycles. The van der Waals surface area contributed by atoms with Crippen LogP contribution in [-0.2, 0) is 27.1 Å². The van der Waals surface area contributed by atoms with Crippen LogP contribution in [0.4, 0.5) is 17.6 Å². The summed E-state index contributed by atoms with van der Waals surface area (Å²) in [4.78, 5) is 27.5. The van der Waals surface area contributed by atoms with Crippen LogP contribution in [0.3, 0.4) is 0 Å². The molecule has 0 unspecified atom stereocenters. The van der Waals surface area contributed by atoms with Crippen LogP contribution in [0.5, 0.6) is 11.5 Å². The summed E-state index contributed by atoms with van der Waals surface area (Å²) >= 11 is 12.0. The van der Waals surface area contributed by atoms with Gasteiger partial charge in [0, 0.05) is 24.7 Å². The second-order valence-corrected chi connectivity index (χ2v) is 11.5. The Labute approximate surface area is 266 Å². The molecule has 0 bridgehead atoms. The van der Waals surface area contributed by atoms with Gasteiger partial charge in [0.15, 0.2) is 0 Å². The molecule has 2 N–H and O–H groups in total. The van der Waals surface area contributed by atoms with Gasteiger partial charge in [-0.3, -0.25) is 9.69 Å². The Morgan fingerprint density at radius 3 is 2.36 bits per heavy atom. The molecule has 13 heteroatoms. The van der Waals surface area contributed by atoms with E-state index in [2.05, 4.69) is 0 Å². The summed E-state index contributed by atoms with van der Waals surface area (Å²) in [7, 11) is 0. The normalized spacial score (nSPS) is 16.3. The van der Waals surface area contributed by atoms with Crippen LogP contribution in [0.2, 0.25) is 10.0 Å². The van der Waals surface area contributed by atoms with E-state index in [4.69, 9.17) is 43.1 Å². The van der Waals surface area contributed by atoms with Crippen LogP contribution < -0.4 is 15.2 Å². The zero-order chi connectivity index (χ0) is 32.4. The average Bonchev–Trinajstić information content (AvgIpc) is 3.82. The van der Waals surface area contributed by atoms with E-state index < -0.39 is 46.6 Å². The zero-order valence-corrected chi connectivity index (χ0v) is 25.3. The number of halogens is 6. The van der Waals surface area contributed by atoms with E-state index in [1.165, 1.54) is 30.3 Å². The molecule has 1 fully saturated rings. The fourth-order valence-electron chi connectivity index (χ4n) is 5.26. The first-order valence-corrected chi connectivity index (χ1v) is 14.7. The number of nitrogens with zero attached hydrogens (tertiary/aromatic N) is 1. The number of alkyl halides is 3. The quantitative estimate of drug-likeness (QED) is 0.137. The van der Waals surface area contributed by atoms with Gasteiger partial charge in [-0.05, 0) is 60.7 Å². The molecule has 1 saturated carbocycles. The molecule has 3 aromatic rings. The zero-order valence-electron chi connectivity index (χ0n) is 23.8. The van der Waals surface area contributed by atoms with Crippen molar-refractivity contribution < 1.29 is 41.4 Å². The van der Waals surface area contributed by atoms with Gasteiger partial charge in [-0.25, -0.2) is 9.18 Å². The van der Waals surface area contributed by atoms with Crippen LogP contribution in [-0.4, -0.2) is 48.6 Å². The van der Waals surface area contributed by atoms with Gasteiger partial charge < -0.3 is 19.9 Å². The molecule has 1 aliphatic heterocycles. The second kappa shape index (κ2) is 13.3. The van der Waals surface area contributed by atoms with Crippen LogP contribution in [0, 0.1) is 5.82 Å². The number of hydrogen-bond acceptors (Lipinski definition) is 6. The third-order valence-corrected chi connectivity index (χ3v) is 8.59. The molecule has 3 aromatic carbocycles. The van der Waals surface area contributed by atoms with Crippen molar-refractivity contribution in [1.29, 1.82) is 0 Å². The smallest absolute Gasteiger partial charge is 0.417 e. The molecule has 1 aliphatic carbocycles. The number of primary amides is 1. The van der Waals surface area contributed by atoms with E-state index in [1.54, 1.807) is 24.3 Å².